The molecule has 29 heavy (non-hydrogen) atoms. The van der Waals surface area contributed by atoms with Gasteiger partial charge in [0.25, 0.3) is 11.8 Å². The van der Waals surface area contributed by atoms with Crippen molar-refractivity contribution in [3.63, 3.8) is 0 Å². The SMILES string of the molecule is Cc1[nH]c(/C=C2\C(=O)Nc3ccc(F)cc32)c(C)c1C(=O)NC1CCC(=O)CC1. The highest BCUT2D eigenvalue weighted by molar-refractivity contribution is 6.34. The lowest BCUT2D eigenvalue weighted by Gasteiger charge is -2.22. The van der Waals surface area contributed by atoms with Gasteiger partial charge >= 0.3 is 0 Å². The van der Waals surface area contributed by atoms with E-state index in [0.717, 1.165) is 5.56 Å². The minimum absolute atomic E-state index is 0.00818. The molecule has 0 spiro atoms. The summed E-state index contributed by atoms with van der Waals surface area (Å²) in [5.74, 6) is -0.681. The molecular formula is C22H22FN3O3. The van der Waals surface area contributed by atoms with E-state index in [0.29, 0.717) is 59.5 Å². The van der Waals surface area contributed by atoms with Crippen molar-refractivity contribution in [3.8, 4) is 0 Å². The van der Waals surface area contributed by atoms with Crippen LogP contribution in [0.2, 0.25) is 0 Å². The van der Waals surface area contributed by atoms with Gasteiger partial charge in [-0.25, -0.2) is 4.39 Å². The van der Waals surface area contributed by atoms with Gasteiger partial charge < -0.3 is 15.6 Å². The lowest BCUT2D eigenvalue weighted by Crippen LogP contribution is -2.38. The first-order valence-corrected chi connectivity index (χ1v) is 9.68. The van der Waals surface area contributed by atoms with Crippen LogP contribution >= 0.6 is 0 Å². The van der Waals surface area contributed by atoms with Crippen molar-refractivity contribution < 1.29 is 18.8 Å². The lowest BCUT2D eigenvalue weighted by atomic mass is 9.94. The number of aryl methyl sites for hydroxylation is 1. The summed E-state index contributed by atoms with van der Waals surface area (Å²) in [5.41, 5.74) is 3.99. The first-order chi connectivity index (χ1) is 13.8. The summed E-state index contributed by atoms with van der Waals surface area (Å²) in [5, 5.41) is 5.74. The number of ketones is 1. The molecule has 0 unspecified atom stereocenters. The Labute approximate surface area is 167 Å². The molecule has 0 saturated heterocycles. The van der Waals surface area contributed by atoms with E-state index in [1.807, 2.05) is 6.92 Å². The smallest absolute Gasteiger partial charge is 0.256 e. The van der Waals surface area contributed by atoms with Gasteiger partial charge in [0.2, 0.25) is 0 Å². The van der Waals surface area contributed by atoms with Crippen LogP contribution in [0, 0.1) is 19.7 Å². The maximum absolute atomic E-state index is 13.7. The van der Waals surface area contributed by atoms with Gasteiger partial charge in [0.15, 0.2) is 0 Å². The Hall–Kier alpha value is -3.22. The molecule has 150 valence electrons. The fraction of sp³-hybridized carbons (Fsp3) is 0.318. The Bertz CT molecular complexity index is 1060. The van der Waals surface area contributed by atoms with Crippen LogP contribution in [0.5, 0.6) is 0 Å². The number of amides is 2. The maximum Gasteiger partial charge on any atom is 0.256 e. The van der Waals surface area contributed by atoms with E-state index >= 15 is 0 Å². The van der Waals surface area contributed by atoms with Gasteiger partial charge in [-0.15, -0.1) is 0 Å². The van der Waals surface area contributed by atoms with E-state index in [-0.39, 0.29) is 23.6 Å². The van der Waals surface area contributed by atoms with E-state index in [4.69, 9.17) is 0 Å². The van der Waals surface area contributed by atoms with Crippen LogP contribution in [-0.2, 0) is 9.59 Å². The molecule has 1 fully saturated rings. The minimum Gasteiger partial charge on any atom is -0.358 e. The number of aromatic amines is 1. The van der Waals surface area contributed by atoms with Crippen LogP contribution in [0.4, 0.5) is 10.1 Å². The number of halogens is 1. The van der Waals surface area contributed by atoms with E-state index in [9.17, 15) is 18.8 Å². The van der Waals surface area contributed by atoms with Crippen molar-refractivity contribution in [2.45, 2.75) is 45.6 Å². The lowest BCUT2D eigenvalue weighted by molar-refractivity contribution is -0.120. The minimum atomic E-state index is -0.420. The standard InChI is InChI=1S/C22H22FN3O3/c1-11-19(10-17-16-9-13(23)3-8-18(16)26-21(17)28)24-12(2)20(11)22(29)25-14-4-6-15(27)7-5-14/h3,8-10,14,24H,4-7H2,1-2H3,(H,25,29)(H,26,28)/b17-10-. The molecule has 0 atom stereocenters. The molecule has 6 nitrogen and oxygen atoms in total. The van der Waals surface area contributed by atoms with Gasteiger partial charge in [-0.3, -0.25) is 14.4 Å². The second kappa shape index (κ2) is 7.31. The Morgan fingerprint density at radius 2 is 1.93 bits per heavy atom. The van der Waals surface area contributed by atoms with Crippen LogP contribution in [-0.4, -0.2) is 28.6 Å². The molecule has 4 rings (SSSR count). The zero-order valence-corrected chi connectivity index (χ0v) is 16.3. The van der Waals surface area contributed by atoms with E-state index in [2.05, 4.69) is 15.6 Å². The number of H-pyrrole nitrogens is 1. The van der Waals surface area contributed by atoms with Gasteiger partial charge in [-0.2, -0.15) is 0 Å². The molecule has 3 N–H and O–H groups in total. The number of fused-ring (bicyclic) bond motifs is 1. The highest BCUT2D eigenvalue weighted by Gasteiger charge is 2.27. The zero-order chi connectivity index (χ0) is 20.7. The second-order valence-corrected chi connectivity index (χ2v) is 7.65. The monoisotopic (exact) mass is 395 g/mol. The molecule has 2 heterocycles. The van der Waals surface area contributed by atoms with Gasteiger partial charge in [-0.1, -0.05) is 0 Å². The molecule has 7 heteroatoms. The van der Waals surface area contributed by atoms with Gasteiger partial charge in [0.1, 0.15) is 11.6 Å². The van der Waals surface area contributed by atoms with Crippen molar-refractivity contribution in [2.24, 2.45) is 0 Å². The van der Waals surface area contributed by atoms with Crippen molar-refractivity contribution in [3.05, 3.63) is 52.1 Å². The Balaban J connectivity index is 1.62. The molecule has 1 aliphatic carbocycles. The Morgan fingerprint density at radius 1 is 1.21 bits per heavy atom. The zero-order valence-electron chi connectivity index (χ0n) is 16.3. The van der Waals surface area contributed by atoms with Crippen molar-refractivity contribution >= 4 is 34.9 Å². The molecule has 2 amide bonds. The molecule has 1 saturated carbocycles. The van der Waals surface area contributed by atoms with Gasteiger partial charge in [0.05, 0.1) is 11.1 Å². The van der Waals surface area contributed by atoms with E-state index < -0.39 is 5.82 Å². The summed E-state index contributed by atoms with van der Waals surface area (Å²) >= 11 is 0. The average molecular weight is 395 g/mol. The van der Waals surface area contributed by atoms with Crippen molar-refractivity contribution in [1.82, 2.24) is 10.3 Å². The third-order valence-electron chi connectivity index (χ3n) is 5.64. The third-order valence-corrected chi connectivity index (χ3v) is 5.64. The number of carbonyl (C=O) groups is 3. The number of Topliss-reactive ketones (excluding diaryl/α,β-unsaturated/α-hetero) is 1. The van der Waals surface area contributed by atoms with E-state index in [1.165, 1.54) is 18.2 Å². The topological polar surface area (TPSA) is 91.1 Å². The van der Waals surface area contributed by atoms with Crippen LogP contribution in [0.1, 0.15) is 58.6 Å². The molecule has 2 aromatic rings. The van der Waals surface area contributed by atoms with Crippen molar-refractivity contribution in [2.75, 3.05) is 5.32 Å². The molecule has 1 aliphatic heterocycles. The fourth-order valence-corrected chi connectivity index (χ4v) is 4.05. The molecule has 0 radical (unpaired) electrons. The molecule has 1 aromatic heterocycles. The summed E-state index contributed by atoms with van der Waals surface area (Å²) in [6.45, 7) is 3.62. The quantitative estimate of drug-likeness (QED) is 0.695. The number of rotatable bonds is 3. The number of aromatic nitrogens is 1. The summed E-state index contributed by atoms with van der Waals surface area (Å²) in [6.07, 6.45) is 3.97. The molecule has 1 aromatic carbocycles. The summed E-state index contributed by atoms with van der Waals surface area (Å²) in [4.78, 5) is 39.7. The number of anilines is 1. The average Bonchev–Trinajstić information content (AvgIpc) is 3.13. The first kappa shape index (κ1) is 19.1. The van der Waals surface area contributed by atoms with E-state index in [1.54, 1.807) is 13.0 Å². The number of hydrogen-bond acceptors (Lipinski definition) is 3. The predicted molar refractivity (Wildman–Crippen MR) is 108 cm³/mol. The number of nitrogens with one attached hydrogen (secondary N) is 3. The highest BCUT2D eigenvalue weighted by atomic mass is 19.1. The fourth-order valence-electron chi connectivity index (χ4n) is 4.05. The molecule has 0 bridgehead atoms. The maximum atomic E-state index is 13.7. The number of benzene rings is 1. The number of carbonyl (C=O) groups excluding carboxylic acids is 3. The number of hydrogen-bond donors (Lipinski definition) is 3. The highest BCUT2D eigenvalue weighted by Crippen LogP contribution is 2.34. The van der Waals surface area contributed by atoms with Crippen LogP contribution in [0.3, 0.4) is 0 Å². The molecular weight excluding hydrogens is 373 g/mol. The van der Waals surface area contributed by atoms with Gasteiger partial charge in [0, 0.05) is 41.5 Å². The third kappa shape index (κ3) is 3.60. The van der Waals surface area contributed by atoms with Crippen molar-refractivity contribution in [1.29, 1.82) is 0 Å². The summed E-state index contributed by atoms with van der Waals surface area (Å²) in [7, 11) is 0. The van der Waals surface area contributed by atoms with Gasteiger partial charge in [-0.05, 0) is 56.5 Å². The Kier molecular flexibility index (Phi) is 4.82. The normalized spacial score (nSPS) is 18.1. The summed E-state index contributed by atoms with van der Waals surface area (Å²) in [6, 6.07) is 4.14. The second-order valence-electron chi connectivity index (χ2n) is 7.65. The Morgan fingerprint density at radius 3 is 2.66 bits per heavy atom. The van der Waals surface area contributed by atoms with Crippen LogP contribution < -0.4 is 10.6 Å². The predicted octanol–water partition coefficient (Wildman–Crippen LogP) is 3.50. The largest absolute Gasteiger partial charge is 0.358 e. The van der Waals surface area contributed by atoms with Crippen LogP contribution in [0.25, 0.3) is 11.6 Å². The van der Waals surface area contributed by atoms with Crippen LogP contribution in [0.15, 0.2) is 18.2 Å². The summed E-state index contributed by atoms with van der Waals surface area (Å²) < 4.78 is 13.7. The molecule has 2 aliphatic rings. The first-order valence-electron chi connectivity index (χ1n) is 9.68.